The molecule has 0 radical (unpaired) electrons. The van der Waals surface area contributed by atoms with Gasteiger partial charge in [0.1, 0.15) is 11.5 Å². The topological polar surface area (TPSA) is 54.5 Å². The van der Waals surface area contributed by atoms with Crippen LogP contribution in [0, 0.1) is 5.82 Å². The van der Waals surface area contributed by atoms with Crippen molar-refractivity contribution in [3.8, 4) is 11.5 Å². The first-order chi connectivity index (χ1) is 12.6. The Labute approximate surface area is 150 Å². The second kappa shape index (κ2) is 6.67. The van der Waals surface area contributed by atoms with E-state index in [0.29, 0.717) is 37.6 Å². The van der Waals surface area contributed by atoms with Crippen molar-refractivity contribution in [1.29, 1.82) is 0 Å². The van der Waals surface area contributed by atoms with Crippen LogP contribution in [0.5, 0.6) is 0 Å². The van der Waals surface area contributed by atoms with Gasteiger partial charge in [-0.15, -0.1) is 0 Å². The van der Waals surface area contributed by atoms with Gasteiger partial charge in [-0.3, -0.25) is 9.48 Å². The molecule has 3 heterocycles. The summed E-state index contributed by atoms with van der Waals surface area (Å²) in [5.41, 5.74) is 2.15. The number of halogens is 1. The molecule has 0 N–H and O–H groups in total. The Bertz CT molecular complexity index is 894. The first kappa shape index (κ1) is 16.4. The second-order valence-corrected chi connectivity index (χ2v) is 6.27. The molecule has 0 atom stereocenters. The molecule has 134 valence electrons. The number of aromatic nitrogens is 2. The number of nitrogens with zero attached hydrogens (tertiary/aromatic N) is 4. The minimum atomic E-state index is -0.245. The van der Waals surface area contributed by atoms with Crippen molar-refractivity contribution in [1.82, 2.24) is 14.7 Å². The Morgan fingerprint density at radius 3 is 2.50 bits per heavy atom. The van der Waals surface area contributed by atoms with Gasteiger partial charge in [-0.05, 0) is 36.4 Å². The first-order valence-electron chi connectivity index (χ1n) is 8.49. The summed E-state index contributed by atoms with van der Waals surface area (Å²) >= 11 is 0. The molecule has 0 unspecified atom stereocenters. The molecule has 1 aliphatic rings. The summed E-state index contributed by atoms with van der Waals surface area (Å²) in [5.74, 6) is 0.349. The van der Waals surface area contributed by atoms with Crippen LogP contribution in [0.3, 0.4) is 0 Å². The highest BCUT2D eigenvalue weighted by atomic mass is 19.1. The molecular weight excluding hydrogens is 335 g/mol. The van der Waals surface area contributed by atoms with Gasteiger partial charge in [0.25, 0.3) is 5.91 Å². The van der Waals surface area contributed by atoms with Gasteiger partial charge in [-0.2, -0.15) is 5.10 Å². The number of anilines is 1. The van der Waals surface area contributed by atoms with Crippen molar-refractivity contribution in [2.24, 2.45) is 7.05 Å². The van der Waals surface area contributed by atoms with Gasteiger partial charge in [0.05, 0.1) is 6.26 Å². The van der Waals surface area contributed by atoms with Crippen molar-refractivity contribution >= 4 is 11.6 Å². The molecular formula is C19H19FN4O2. The predicted molar refractivity (Wildman–Crippen MR) is 95.4 cm³/mol. The summed E-state index contributed by atoms with van der Waals surface area (Å²) in [6.07, 6.45) is 1.60. The maximum absolute atomic E-state index is 13.1. The Balaban J connectivity index is 1.44. The molecule has 0 aliphatic carbocycles. The van der Waals surface area contributed by atoms with E-state index in [9.17, 15) is 9.18 Å². The van der Waals surface area contributed by atoms with E-state index in [2.05, 4.69) is 10.00 Å². The summed E-state index contributed by atoms with van der Waals surface area (Å²) in [4.78, 5) is 16.7. The molecule has 1 saturated heterocycles. The van der Waals surface area contributed by atoms with E-state index < -0.39 is 0 Å². The lowest BCUT2D eigenvalue weighted by Gasteiger charge is -2.35. The van der Waals surface area contributed by atoms with Crippen LogP contribution in [0.4, 0.5) is 10.1 Å². The summed E-state index contributed by atoms with van der Waals surface area (Å²) in [6, 6.07) is 11.8. The Morgan fingerprint density at radius 1 is 1.12 bits per heavy atom. The van der Waals surface area contributed by atoms with E-state index in [1.807, 2.05) is 6.07 Å². The van der Waals surface area contributed by atoms with Crippen LogP contribution in [-0.4, -0.2) is 46.8 Å². The fourth-order valence-corrected chi connectivity index (χ4v) is 3.21. The van der Waals surface area contributed by atoms with Gasteiger partial charge >= 0.3 is 0 Å². The fourth-order valence-electron chi connectivity index (χ4n) is 3.21. The largest absolute Gasteiger partial charge is 0.463 e. The van der Waals surface area contributed by atoms with E-state index in [1.54, 1.807) is 47.2 Å². The van der Waals surface area contributed by atoms with Gasteiger partial charge in [-0.1, -0.05) is 0 Å². The van der Waals surface area contributed by atoms with Crippen LogP contribution in [0.2, 0.25) is 0 Å². The molecule has 0 bridgehead atoms. The highest BCUT2D eigenvalue weighted by molar-refractivity contribution is 5.93. The summed E-state index contributed by atoms with van der Waals surface area (Å²) in [7, 11) is 1.79. The van der Waals surface area contributed by atoms with Crippen molar-refractivity contribution in [2.45, 2.75) is 0 Å². The third-order valence-electron chi connectivity index (χ3n) is 4.63. The number of amides is 1. The first-order valence-corrected chi connectivity index (χ1v) is 8.49. The van der Waals surface area contributed by atoms with Gasteiger partial charge < -0.3 is 14.2 Å². The average Bonchev–Trinajstić information content (AvgIpc) is 3.31. The number of hydrogen-bond acceptors (Lipinski definition) is 4. The number of benzene rings is 1. The highest BCUT2D eigenvalue weighted by Crippen LogP contribution is 2.22. The molecule has 1 aromatic carbocycles. The minimum absolute atomic E-state index is 0.0860. The number of hydrogen-bond donors (Lipinski definition) is 0. The monoisotopic (exact) mass is 354 g/mol. The van der Waals surface area contributed by atoms with Crippen molar-refractivity contribution < 1.29 is 13.6 Å². The third-order valence-corrected chi connectivity index (χ3v) is 4.63. The lowest BCUT2D eigenvalue weighted by molar-refractivity contribution is 0.0740. The van der Waals surface area contributed by atoms with Crippen molar-refractivity contribution in [3.63, 3.8) is 0 Å². The van der Waals surface area contributed by atoms with Crippen LogP contribution < -0.4 is 4.90 Å². The van der Waals surface area contributed by atoms with E-state index >= 15 is 0 Å². The molecule has 26 heavy (non-hydrogen) atoms. The van der Waals surface area contributed by atoms with Crippen molar-refractivity contribution in [2.75, 3.05) is 31.1 Å². The zero-order valence-corrected chi connectivity index (χ0v) is 14.4. The Hall–Kier alpha value is -3.09. The number of aryl methyl sites for hydroxylation is 1. The van der Waals surface area contributed by atoms with E-state index in [-0.39, 0.29) is 11.7 Å². The summed E-state index contributed by atoms with van der Waals surface area (Å²) < 4.78 is 20.1. The summed E-state index contributed by atoms with van der Waals surface area (Å²) in [6.45, 7) is 2.61. The SMILES string of the molecule is Cn1nc(C(=O)N2CCN(c3ccc(F)cc3)CC2)cc1-c1ccco1. The maximum atomic E-state index is 13.1. The van der Waals surface area contributed by atoms with Crippen molar-refractivity contribution in [3.05, 3.63) is 60.2 Å². The fraction of sp³-hybridized carbons (Fsp3) is 0.263. The van der Waals surface area contributed by atoms with Gasteiger partial charge in [-0.25, -0.2) is 4.39 Å². The Morgan fingerprint density at radius 2 is 1.85 bits per heavy atom. The molecule has 0 saturated carbocycles. The normalized spacial score (nSPS) is 14.7. The lowest BCUT2D eigenvalue weighted by atomic mass is 10.2. The molecule has 2 aromatic heterocycles. The molecule has 6 nitrogen and oxygen atoms in total. The number of carbonyl (C=O) groups is 1. The minimum Gasteiger partial charge on any atom is -0.463 e. The number of furan rings is 1. The molecule has 1 amide bonds. The predicted octanol–water partition coefficient (Wildman–Crippen LogP) is 2.78. The van der Waals surface area contributed by atoms with Crippen LogP contribution >= 0.6 is 0 Å². The third kappa shape index (κ3) is 3.08. The molecule has 7 heteroatoms. The number of rotatable bonds is 3. The quantitative estimate of drug-likeness (QED) is 0.726. The van der Waals surface area contributed by atoms with E-state index in [4.69, 9.17) is 4.42 Å². The van der Waals surface area contributed by atoms with Crippen LogP contribution in [0.25, 0.3) is 11.5 Å². The second-order valence-electron chi connectivity index (χ2n) is 6.27. The van der Waals surface area contributed by atoms with Gasteiger partial charge in [0.15, 0.2) is 11.5 Å². The Kier molecular flexibility index (Phi) is 4.20. The molecule has 0 spiro atoms. The average molecular weight is 354 g/mol. The van der Waals surface area contributed by atoms with E-state index in [0.717, 1.165) is 11.4 Å². The molecule has 1 fully saturated rings. The van der Waals surface area contributed by atoms with Crippen LogP contribution in [-0.2, 0) is 7.05 Å². The molecule has 4 rings (SSSR count). The smallest absolute Gasteiger partial charge is 0.274 e. The number of carbonyl (C=O) groups excluding carboxylic acids is 1. The highest BCUT2D eigenvalue weighted by Gasteiger charge is 2.25. The summed E-state index contributed by atoms with van der Waals surface area (Å²) in [5, 5.41) is 4.34. The number of piperazine rings is 1. The van der Waals surface area contributed by atoms with E-state index in [1.165, 1.54) is 12.1 Å². The van der Waals surface area contributed by atoms with Gasteiger partial charge in [0.2, 0.25) is 0 Å². The van der Waals surface area contributed by atoms with Gasteiger partial charge in [0, 0.05) is 45.0 Å². The van der Waals surface area contributed by atoms with Crippen LogP contribution in [0.15, 0.2) is 53.1 Å². The van der Waals surface area contributed by atoms with Crippen LogP contribution in [0.1, 0.15) is 10.5 Å². The molecule has 3 aromatic rings. The zero-order chi connectivity index (χ0) is 18.1. The molecule has 1 aliphatic heterocycles. The maximum Gasteiger partial charge on any atom is 0.274 e. The zero-order valence-electron chi connectivity index (χ0n) is 14.4. The standard InChI is InChI=1S/C19H19FN4O2/c1-22-17(18-3-2-12-26-18)13-16(21-22)19(25)24-10-8-23(9-11-24)15-6-4-14(20)5-7-15/h2-7,12-13H,8-11H2,1H3. The lowest BCUT2D eigenvalue weighted by Crippen LogP contribution is -2.48.